The van der Waals surface area contributed by atoms with E-state index in [9.17, 15) is 9.59 Å². The highest BCUT2D eigenvalue weighted by Gasteiger charge is 2.37. The number of aromatic nitrogens is 1. The van der Waals surface area contributed by atoms with E-state index in [1.165, 1.54) is 0 Å². The molecule has 0 radical (unpaired) electrons. The van der Waals surface area contributed by atoms with Crippen LogP contribution in [0, 0.1) is 0 Å². The van der Waals surface area contributed by atoms with Crippen molar-refractivity contribution in [2.24, 2.45) is 0 Å². The van der Waals surface area contributed by atoms with Gasteiger partial charge in [-0.15, -0.1) is 0 Å². The highest BCUT2D eigenvalue weighted by Crippen LogP contribution is 2.26. The maximum atomic E-state index is 13.0. The molecule has 0 saturated carbocycles. The van der Waals surface area contributed by atoms with Gasteiger partial charge in [0.05, 0.1) is 12.6 Å². The summed E-state index contributed by atoms with van der Waals surface area (Å²) in [4.78, 5) is 32.8. The third kappa shape index (κ3) is 2.94. The van der Waals surface area contributed by atoms with Crippen LogP contribution in [0.15, 0.2) is 30.3 Å². The molecular formula is C19H22N4O3. The molecule has 0 aliphatic carbocycles. The van der Waals surface area contributed by atoms with Gasteiger partial charge in [-0.1, -0.05) is 25.1 Å². The maximum Gasteiger partial charge on any atom is 0.317 e. The molecule has 1 atom stereocenters. The lowest BCUT2D eigenvalue weighted by molar-refractivity contribution is 0.0610. The summed E-state index contributed by atoms with van der Waals surface area (Å²) in [5.74, 6) is 0.390. The van der Waals surface area contributed by atoms with Crippen molar-refractivity contribution in [2.45, 2.75) is 19.4 Å². The van der Waals surface area contributed by atoms with Crippen LogP contribution in [0.25, 0.3) is 10.8 Å². The van der Waals surface area contributed by atoms with Crippen LogP contribution in [0.5, 0.6) is 5.88 Å². The number of ether oxygens (including phenoxy) is 1. The number of pyridine rings is 1. The average molecular weight is 354 g/mol. The average Bonchev–Trinajstić information content (AvgIpc) is 3.05. The molecule has 7 nitrogen and oxygen atoms in total. The zero-order valence-electron chi connectivity index (χ0n) is 14.8. The quantitative estimate of drug-likeness (QED) is 0.910. The van der Waals surface area contributed by atoms with E-state index in [2.05, 4.69) is 10.3 Å². The minimum absolute atomic E-state index is 0.0384. The van der Waals surface area contributed by atoms with Gasteiger partial charge in [-0.3, -0.25) is 4.79 Å². The van der Waals surface area contributed by atoms with Crippen molar-refractivity contribution in [2.75, 3.05) is 32.8 Å². The van der Waals surface area contributed by atoms with Crippen molar-refractivity contribution in [3.05, 3.63) is 36.0 Å². The van der Waals surface area contributed by atoms with Crippen molar-refractivity contribution in [1.82, 2.24) is 20.1 Å². The number of piperazine rings is 1. The van der Waals surface area contributed by atoms with Crippen LogP contribution < -0.4 is 10.1 Å². The molecule has 2 aliphatic heterocycles. The van der Waals surface area contributed by atoms with Gasteiger partial charge in [0.25, 0.3) is 5.91 Å². The summed E-state index contributed by atoms with van der Waals surface area (Å²) >= 11 is 0. The van der Waals surface area contributed by atoms with Gasteiger partial charge in [0.15, 0.2) is 0 Å². The van der Waals surface area contributed by atoms with Crippen molar-refractivity contribution in [3.8, 4) is 5.88 Å². The van der Waals surface area contributed by atoms with Crippen molar-refractivity contribution in [1.29, 1.82) is 0 Å². The van der Waals surface area contributed by atoms with Crippen molar-refractivity contribution in [3.63, 3.8) is 0 Å². The number of nitrogens with one attached hydrogen (secondary N) is 1. The predicted octanol–water partition coefficient (Wildman–Crippen LogP) is 1.87. The van der Waals surface area contributed by atoms with E-state index in [-0.39, 0.29) is 18.0 Å². The number of rotatable bonds is 4. The summed E-state index contributed by atoms with van der Waals surface area (Å²) < 4.78 is 5.79. The Morgan fingerprint density at radius 2 is 2.19 bits per heavy atom. The SMILES string of the molecule is CCCOc1nc(C(=O)N2CCN3C(=O)NCC3C2)cc2ccccc12. The van der Waals surface area contributed by atoms with E-state index < -0.39 is 0 Å². The van der Waals surface area contributed by atoms with Gasteiger partial charge >= 0.3 is 6.03 Å². The topological polar surface area (TPSA) is 74.8 Å². The molecule has 0 bridgehead atoms. The number of carbonyl (C=O) groups excluding carboxylic acids is 2. The van der Waals surface area contributed by atoms with Crippen LogP contribution in [0.4, 0.5) is 4.79 Å². The summed E-state index contributed by atoms with van der Waals surface area (Å²) in [6, 6.07) is 9.61. The minimum atomic E-state index is -0.115. The third-order valence-corrected chi connectivity index (χ3v) is 4.89. The molecule has 2 aromatic rings. The lowest BCUT2D eigenvalue weighted by atomic mass is 10.1. The van der Waals surface area contributed by atoms with Crippen LogP contribution in [-0.2, 0) is 0 Å². The molecule has 7 heteroatoms. The molecule has 4 rings (SSSR count). The van der Waals surface area contributed by atoms with Gasteiger partial charge in [-0.2, -0.15) is 0 Å². The molecule has 3 heterocycles. The van der Waals surface area contributed by atoms with E-state index in [1.54, 1.807) is 9.80 Å². The highest BCUT2D eigenvalue weighted by atomic mass is 16.5. The fraction of sp³-hybridized carbons (Fsp3) is 0.421. The van der Waals surface area contributed by atoms with Gasteiger partial charge in [0, 0.05) is 31.6 Å². The van der Waals surface area contributed by atoms with Crippen molar-refractivity contribution >= 4 is 22.7 Å². The molecule has 26 heavy (non-hydrogen) atoms. The summed E-state index contributed by atoms with van der Waals surface area (Å²) in [6.45, 7) is 4.77. The van der Waals surface area contributed by atoms with Gasteiger partial charge < -0.3 is 19.9 Å². The number of hydrogen-bond donors (Lipinski definition) is 1. The Morgan fingerprint density at radius 1 is 1.35 bits per heavy atom. The van der Waals surface area contributed by atoms with E-state index >= 15 is 0 Å². The second kappa shape index (κ2) is 6.82. The Labute approximate surface area is 151 Å². The molecule has 136 valence electrons. The maximum absolute atomic E-state index is 13.0. The number of urea groups is 1. The van der Waals surface area contributed by atoms with Gasteiger partial charge in [-0.05, 0) is 23.9 Å². The molecule has 1 aromatic heterocycles. The Balaban J connectivity index is 1.61. The molecule has 2 saturated heterocycles. The lowest BCUT2D eigenvalue weighted by Crippen LogP contribution is -2.53. The first-order valence-electron chi connectivity index (χ1n) is 9.03. The number of fused-ring (bicyclic) bond motifs is 2. The van der Waals surface area contributed by atoms with Gasteiger partial charge in [0.1, 0.15) is 5.69 Å². The number of carbonyl (C=O) groups is 2. The fourth-order valence-electron chi connectivity index (χ4n) is 3.54. The predicted molar refractivity (Wildman–Crippen MR) is 97.3 cm³/mol. The normalized spacial score (nSPS) is 19.4. The number of benzene rings is 1. The first kappa shape index (κ1) is 16.6. The first-order valence-corrected chi connectivity index (χ1v) is 9.03. The van der Waals surface area contributed by atoms with Crippen LogP contribution in [0.1, 0.15) is 23.8 Å². The smallest absolute Gasteiger partial charge is 0.317 e. The fourth-order valence-corrected chi connectivity index (χ4v) is 3.54. The zero-order chi connectivity index (χ0) is 18.1. The van der Waals surface area contributed by atoms with Crippen LogP contribution in [0.3, 0.4) is 0 Å². The zero-order valence-corrected chi connectivity index (χ0v) is 14.8. The standard InChI is InChI=1S/C19H22N4O3/c1-2-9-26-17-15-6-4-3-5-13(15)10-16(21-17)18(24)22-7-8-23-14(12-22)11-20-19(23)25/h3-6,10,14H,2,7-9,11-12H2,1H3,(H,20,25). The van der Waals surface area contributed by atoms with E-state index in [0.717, 1.165) is 17.2 Å². The molecule has 2 fully saturated rings. The molecule has 0 spiro atoms. The summed E-state index contributed by atoms with van der Waals surface area (Å²) in [7, 11) is 0. The summed E-state index contributed by atoms with van der Waals surface area (Å²) in [6.07, 6.45) is 0.874. The van der Waals surface area contributed by atoms with Crippen LogP contribution in [0.2, 0.25) is 0 Å². The highest BCUT2D eigenvalue weighted by molar-refractivity contribution is 5.98. The number of hydrogen-bond acceptors (Lipinski definition) is 4. The Bertz CT molecular complexity index is 854. The summed E-state index contributed by atoms with van der Waals surface area (Å²) in [5, 5.41) is 4.68. The lowest BCUT2D eigenvalue weighted by Gasteiger charge is -2.36. The molecule has 3 amide bonds. The van der Waals surface area contributed by atoms with Crippen molar-refractivity contribution < 1.29 is 14.3 Å². The van der Waals surface area contributed by atoms with Crippen LogP contribution >= 0.6 is 0 Å². The Hall–Kier alpha value is -2.83. The molecule has 1 N–H and O–H groups in total. The summed E-state index contributed by atoms with van der Waals surface area (Å²) in [5.41, 5.74) is 0.389. The Kier molecular flexibility index (Phi) is 4.36. The largest absolute Gasteiger partial charge is 0.477 e. The van der Waals surface area contributed by atoms with Gasteiger partial charge in [-0.25, -0.2) is 9.78 Å². The minimum Gasteiger partial charge on any atom is -0.477 e. The third-order valence-electron chi connectivity index (χ3n) is 4.89. The van der Waals surface area contributed by atoms with E-state index in [0.29, 0.717) is 44.4 Å². The monoisotopic (exact) mass is 354 g/mol. The molecule has 1 unspecified atom stereocenters. The van der Waals surface area contributed by atoms with E-state index in [4.69, 9.17) is 4.74 Å². The second-order valence-corrected chi connectivity index (χ2v) is 6.67. The second-order valence-electron chi connectivity index (χ2n) is 6.67. The molecule has 1 aromatic carbocycles. The molecule has 2 aliphatic rings. The number of nitrogens with zero attached hydrogens (tertiary/aromatic N) is 3. The Morgan fingerprint density at radius 3 is 3.04 bits per heavy atom. The van der Waals surface area contributed by atoms with Gasteiger partial charge in [0.2, 0.25) is 5.88 Å². The number of amides is 3. The van der Waals surface area contributed by atoms with Crippen LogP contribution in [-0.4, -0.2) is 65.5 Å². The molecular weight excluding hydrogens is 332 g/mol. The first-order chi connectivity index (χ1) is 12.7. The van der Waals surface area contributed by atoms with E-state index in [1.807, 2.05) is 37.3 Å².